The second-order valence-electron chi connectivity index (χ2n) is 5.28. The molecule has 0 spiro atoms. The predicted molar refractivity (Wildman–Crippen MR) is 102 cm³/mol. The van der Waals surface area contributed by atoms with Gasteiger partial charge in [-0.1, -0.05) is 11.6 Å². The van der Waals surface area contributed by atoms with Crippen molar-refractivity contribution >= 4 is 34.8 Å². The SMILES string of the molecule is COc1ccc(NC(N)=NCCCC(=O)Nc2ccc(Cl)cc2)cc1. The summed E-state index contributed by atoms with van der Waals surface area (Å²) in [5.41, 5.74) is 7.37. The summed E-state index contributed by atoms with van der Waals surface area (Å²) in [5, 5.41) is 6.42. The Bertz CT molecular complexity index is 715. The van der Waals surface area contributed by atoms with Crippen LogP contribution in [0.3, 0.4) is 0 Å². The van der Waals surface area contributed by atoms with Gasteiger partial charge in [-0.25, -0.2) is 0 Å². The van der Waals surface area contributed by atoms with Crippen molar-refractivity contribution in [3.63, 3.8) is 0 Å². The molecule has 6 nitrogen and oxygen atoms in total. The maximum atomic E-state index is 11.8. The molecule has 7 heteroatoms. The Morgan fingerprint density at radius 3 is 2.32 bits per heavy atom. The quantitative estimate of drug-likeness (QED) is 0.400. The van der Waals surface area contributed by atoms with E-state index >= 15 is 0 Å². The average molecular weight is 361 g/mol. The Hall–Kier alpha value is -2.73. The van der Waals surface area contributed by atoms with Crippen LogP contribution in [0.4, 0.5) is 11.4 Å². The number of ether oxygens (including phenoxy) is 1. The maximum Gasteiger partial charge on any atom is 0.224 e. The van der Waals surface area contributed by atoms with Crippen LogP contribution in [0.25, 0.3) is 0 Å². The molecule has 0 heterocycles. The number of methoxy groups -OCH3 is 1. The van der Waals surface area contributed by atoms with Crippen LogP contribution in [0.5, 0.6) is 5.75 Å². The molecule has 25 heavy (non-hydrogen) atoms. The summed E-state index contributed by atoms with van der Waals surface area (Å²) in [5.74, 6) is 1.01. The lowest BCUT2D eigenvalue weighted by Gasteiger charge is -2.07. The number of benzene rings is 2. The lowest BCUT2D eigenvalue weighted by Crippen LogP contribution is -2.23. The molecule has 0 saturated carbocycles. The van der Waals surface area contributed by atoms with Gasteiger partial charge in [0.25, 0.3) is 0 Å². The Morgan fingerprint density at radius 2 is 1.68 bits per heavy atom. The van der Waals surface area contributed by atoms with Gasteiger partial charge in [0, 0.05) is 29.4 Å². The van der Waals surface area contributed by atoms with E-state index in [-0.39, 0.29) is 5.91 Å². The summed E-state index contributed by atoms with van der Waals surface area (Å²) in [6.45, 7) is 0.461. The van der Waals surface area contributed by atoms with Crippen molar-refractivity contribution in [2.24, 2.45) is 10.7 Å². The normalized spacial score (nSPS) is 11.0. The standard InChI is InChI=1S/C18H21ClN4O2/c1-25-16-10-8-15(9-11-16)23-18(20)21-12-2-3-17(24)22-14-6-4-13(19)5-7-14/h4-11H,2-3,12H2,1H3,(H,22,24)(H3,20,21,23). The number of hydrogen-bond donors (Lipinski definition) is 3. The van der Waals surface area contributed by atoms with Gasteiger partial charge in [0.2, 0.25) is 5.91 Å². The first kappa shape index (κ1) is 18.6. The van der Waals surface area contributed by atoms with E-state index in [4.69, 9.17) is 22.1 Å². The maximum absolute atomic E-state index is 11.8. The van der Waals surface area contributed by atoms with Gasteiger partial charge < -0.3 is 21.1 Å². The Morgan fingerprint density at radius 1 is 1.08 bits per heavy atom. The molecule has 132 valence electrons. The van der Waals surface area contributed by atoms with Gasteiger partial charge in [-0.2, -0.15) is 0 Å². The van der Waals surface area contributed by atoms with Crippen molar-refractivity contribution in [1.82, 2.24) is 0 Å². The molecule has 0 aliphatic heterocycles. The Kier molecular flexibility index (Phi) is 7.10. The first-order valence-corrected chi connectivity index (χ1v) is 8.21. The number of nitrogens with two attached hydrogens (primary N) is 1. The van der Waals surface area contributed by atoms with Crippen LogP contribution in [0.2, 0.25) is 5.02 Å². The zero-order valence-corrected chi connectivity index (χ0v) is 14.7. The van der Waals surface area contributed by atoms with Gasteiger partial charge in [0.15, 0.2) is 5.96 Å². The predicted octanol–water partition coefficient (Wildman–Crippen LogP) is 3.49. The molecule has 0 radical (unpaired) electrons. The summed E-state index contributed by atoms with van der Waals surface area (Å²) in [7, 11) is 1.61. The number of anilines is 2. The Labute approximate surface area is 152 Å². The molecule has 0 aliphatic rings. The molecule has 0 atom stereocenters. The van der Waals surface area contributed by atoms with Crippen LogP contribution in [-0.2, 0) is 4.79 Å². The minimum Gasteiger partial charge on any atom is -0.497 e. The number of carbonyl (C=O) groups is 1. The van der Waals surface area contributed by atoms with Gasteiger partial charge >= 0.3 is 0 Å². The van der Waals surface area contributed by atoms with E-state index in [1.807, 2.05) is 24.3 Å². The molecule has 1 amide bonds. The highest BCUT2D eigenvalue weighted by Gasteiger charge is 2.02. The van der Waals surface area contributed by atoms with Crippen molar-refractivity contribution in [2.75, 3.05) is 24.3 Å². The van der Waals surface area contributed by atoms with Gasteiger partial charge in [-0.3, -0.25) is 9.79 Å². The molecule has 0 fully saturated rings. The highest BCUT2D eigenvalue weighted by atomic mass is 35.5. The third-order valence-corrected chi connectivity index (χ3v) is 3.59. The molecule has 0 unspecified atom stereocenters. The van der Waals surface area contributed by atoms with Gasteiger partial charge in [0.1, 0.15) is 5.75 Å². The molecular formula is C18H21ClN4O2. The van der Waals surface area contributed by atoms with E-state index in [1.165, 1.54) is 0 Å². The smallest absolute Gasteiger partial charge is 0.224 e. The van der Waals surface area contributed by atoms with Crippen LogP contribution < -0.4 is 21.1 Å². The van der Waals surface area contributed by atoms with E-state index in [0.717, 1.165) is 17.1 Å². The lowest BCUT2D eigenvalue weighted by atomic mass is 10.2. The number of amides is 1. The Balaban J connectivity index is 1.70. The highest BCUT2D eigenvalue weighted by molar-refractivity contribution is 6.30. The molecule has 4 N–H and O–H groups in total. The first-order chi connectivity index (χ1) is 12.1. The molecule has 2 aromatic carbocycles. The van der Waals surface area contributed by atoms with Crippen molar-refractivity contribution in [3.8, 4) is 5.75 Å². The fourth-order valence-electron chi connectivity index (χ4n) is 2.06. The van der Waals surface area contributed by atoms with Crippen molar-refractivity contribution in [2.45, 2.75) is 12.8 Å². The number of carbonyl (C=O) groups excluding carboxylic acids is 1. The molecule has 0 aromatic heterocycles. The van der Waals surface area contributed by atoms with Gasteiger partial charge in [0.05, 0.1) is 7.11 Å². The zero-order valence-electron chi connectivity index (χ0n) is 14.0. The van der Waals surface area contributed by atoms with E-state index in [2.05, 4.69) is 15.6 Å². The number of nitrogens with one attached hydrogen (secondary N) is 2. The highest BCUT2D eigenvalue weighted by Crippen LogP contribution is 2.15. The van der Waals surface area contributed by atoms with E-state index in [9.17, 15) is 4.79 Å². The van der Waals surface area contributed by atoms with Crippen molar-refractivity contribution in [3.05, 3.63) is 53.6 Å². The summed E-state index contributed by atoms with van der Waals surface area (Å²) >= 11 is 5.80. The van der Waals surface area contributed by atoms with E-state index in [0.29, 0.717) is 30.4 Å². The topological polar surface area (TPSA) is 88.7 Å². The summed E-state index contributed by atoms with van der Waals surface area (Å²) in [6, 6.07) is 14.3. The lowest BCUT2D eigenvalue weighted by molar-refractivity contribution is -0.116. The van der Waals surface area contributed by atoms with Gasteiger partial charge in [-0.15, -0.1) is 0 Å². The van der Waals surface area contributed by atoms with E-state index < -0.39 is 0 Å². The minimum atomic E-state index is -0.0702. The molecular weight excluding hydrogens is 340 g/mol. The first-order valence-electron chi connectivity index (χ1n) is 7.83. The summed E-state index contributed by atoms with van der Waals surface area (Å²) < 4.78 is 5.09. The summed E-state index contributed by atoms with van der Waals surface area (Å²) in [4.78, 5) is 16.0. The van der Waals surface area contributed by atoms with Crippen LogP contribution in [0, 0.1) is 0 Å². The summed E-state index contributed by atoms with van der Waals surface area (Å²) in [6.07, 6.45) is 0.965. The number of aliphatic imine (C=N–C) groups is 1. The number of guanidine groups is 1. The molecule has 2 aromatic rings. The van der Waals surface area contributed by atoms with Gasteiger partial charge in [-0.05, 0) is 55.0 Å². The van der Waals surface area contributed by atoms with Crippen LogP contribution in [0.15, 0.2) is 53.5 Å². The van der Waals surface area contributed by atoms with Crippen LogP contribution in [-0.4, -0.2) is 25.5 Å². The molecule has 0 saturated heterocycles. The largest absolute Gasteiger partial charge is 0.497 e. The molecule has 0 aliphatic carbocycles. The second-order valence-corrected chi connectivity index (χ2v) is 5.72. The second kappa shape index (κ2) is 9.54. The van der Waals surface area contributed by atoms with Crippen LogP contribution in [0.1, 0.15) is 12.8 Å². The monoisotopic (exact) mass is 360 g/mol. The average Bonchev–Trinajstić information content (AvgIpc) is 2.61. The molecule has 2 rings (SSSR count). The van der Waals surface area contributed by atoms with Crippen molar-refractivity contribution in [1.29, 1.82) is 0 Å². The van der Waals surface area contributed by atoms with E-state index in [1.54, 1.807) is 31.4 Å². The number of nitrogens with zero attached hydrogens (tertiary/aromatic N) is 1. The number of rotatable bonds is 7. The zero-order chi connectivity index (χ0) is 18.1. The number of hydrogen-bond acceptors (Lipinski definition) is 3. The third kappa shape index (κ3) is 6.73. The fourth-order valence-corrected chi connectivity index (χ4v) is 2.18. The minimum absolute atomic E-state index is 0.0702. The van der Waals surface area contributed by atoms with Crippen LogP contribution >= 0.6 is 11.6 Å². The third-order valence-electron chi connectivity index (χ3n) is 3.33. The number of halogens is 1. The molecule has 0 bridgehead atoms. The fraction of sp³-hybridized carbons (Fsp3) is 0.222. The van der Waals surface area contributed by atoms with Crippen molar-refractivity contribution < 1.29 is 9.53 Å².